The zero-order valence-corrected chi connectivity index (χ0v) is 10.7. The molecule has 2 rings (SSSR count). The summed E-state index contributed by atoms with van der Waals surface area (Å²) >= 11 is 0. The van der Waals surface area contributed by atoms with Gasteiger partial charge in [0.15, 0.2) is 0 Å². The van der Waals surface area contributed by atoms with Crippen LogP contribution in [0.1, 0.15) is 69.0 Å². The maximum absolute atomic E-state index is 2.38. The smallest absolute Gasteiger partial charge is 0.0127 e. The minimum Gasteiger partial charge on any atom is -0.136 e. The molecular weight excluding hydrogens is 199 g/mol. The molecular formula is C14H23P. The lowest BCUT2D eigenvalue weighted by molar-refractivity contribution is 0.466. The SMILES string of the molecule is c1c[pH]c(C2CCCCCCCCC2)c1. The summed E-state index contributed by atoms with van der Waals surface area (Å²) in [7, 11) is 1.00. The zero-order valence-electron chi connectivity index (χ0n) is 9.67. The van der Waals surface area contributed by atoms with E-state index in [9.17, 15) is 0 Å². The van der Waals surface area contributed by atoms with E-state index in [0.29, 0.717) is 0 Å². The van der Waals surface area contributed by atoms with Crippen molar-refractivity contribution in [3.05, 3.63) is 23.2 Å². The molecule has 1 fully saturated rings. The van der Waals surface area contributed by atoms with Gasteiger partial charge in [-0.2, -0.15) is 0 Å². The van der Waals surface area contributed by atoms with E-state index in [-0.39, 0.29) is 0 Å². The predicted molar refractivity (Wildman–Crippen MR) is 70.2 cm³/mol. The summed E-state index contributed by atoms with van der Waals surface area (Å²) in [6.07, 6.45) is 13.2. The van der Waals surface area contributed by atoms with Crippen LogP contribution in [0.15, 0.2) is 17.9 Å². The highest BCUT2D eigenvalue weighted by molar-refractivity contribution is 7.30. The summed E-state index contributed by atoms with van der Waals surface area (Å²) in [4.78, 5) is 0. The van der Waals surface area contributed by atoms with Crippen LogP contribution in [0.3, 0.4) is 0 Å². The summed E-state index contributed by atoms with van der Waals surface area (Å²) in [5.41, 5.74) is 0. The van der Waals surface area contributed by atoms with E-state index in [2.05, 4.69) is 17.9 Å². The third kappa shape index (κ3) is 3.68. The van der Waals surface area contributed by atoms with E-state index < -0.39 is 0 Å². The van der Waals surface area contributed by atoms with Gasteiger partial charge in [-0.25, -0.2) is 0 Å². The van der Waals surface area contributed by atoms with E-state index in [4.69, 9.17) is 0 Å². The largest absolute Gasteiger partial charge is 0.136 e. The molecule has 0 aromatic carbocycles. The molecule has 0 bridgehead atoms. The molecule has 0 nitrogen and oxygen atoms in total. The number of hydrogen-bond acceptors (Lipinski definition) is 0. The van der Waals surface area contributed by atoms with Gasteiger partial charge in [0.05, 0.1) is 0 Å². The molecule has 15 heavy (non-hydrogen) atoms. The Kier molecular flexibility index (Phi) is 4.79. The standard InChI is InChI=1S/C14H23P/c1-2-4-6-9-13(10-7-5-3-1)14-11-8-12-15-14/h8,11-13,15H,1-7,9-10H2. The molecule has 84 valence electrons. The van der Waals surface area contributed by atoms with Gasteiger partial charge in [-0.3, -0.25) is 0 Å². The van der Waals surface area contributed by atoms with E-state index in [1.54, 1.807) is 5.30 Å². The Bertz CT molecular complexity index is 240. The lowest BCUT2D eigenvalue weighted by atomic mass is 9.91. The van der Waals surface area contributed by atoms with Gasteiger partial charge in [-0.15, -0.1) is 8.19 Å². The monoisotopic (exact) mass is 222 g/mol. The van der Waals surface area contributed by atoms with Gasteiger partial charge < -0.3 is 0 Å². The minimum atomic E-state index is 0.927. The van der Waals surface area contributed by atoms with Crippen LogP contribution in [-0.4, -0.2) is 0 Å². The highest BCUT2D eigenvalue weighted by Crippen LogP contribution is 2.34. The highest BCUT2D eigenvalue weighted by Gasteiger charge is 2.12. The average molecular weight is 222 g/mol. The molecule has 1 aliphatic carbocycles. The summed E-state index contributed by atoms with van der Waals surface area (Å²) in [5.74, 6) is 3.27. The Morgan fingerprint density at radius 1 is 0.867 bits per heavy atom. The average Bonchev–Trinajstić information content (AvgIpc) is 2.79. The topological polar surface area (TPSA) is 0 Å². The molecule has 1 heterocycles. The van der Waals surface area contributed by atoms with E-state index >= 15 is 0 Å². The second-order valence-electron chi connectivity index (χ2n) is 4.87. The second kappa shape index (κ2) is 6.38. The fourth-order valence-corrected chi connectivity index (χ4v) is 3.82. The molecule has 0 radical (unpaired) electrons. The first-order chi connectivity index (χ1) is 7.47. The molecule has 0 saturated heterocycles. The summed E-state index contributed by atoms with van der Waals surface area (Å²) in [5, 5.41) is 1.75. The molecule has 1 saturated carbocycles. The van der Waals surface area contributed by atoms with Crippen molar-refractivity contribution >= 4 is 8.19 Å². The Hall–Kier alpha value is -0.220. The van der Waals surface area contributed by atoms with Gasteiger partial charge in [0.2, 0.25) is 0 Å². The van der Waals surface area contributed by atoms with Crippen molar-refractivity contribution in [2.75, 3.05) is 0 Å². The van der Waals surface area contributed by atoms with Crippen molar-refractivity contribution in [3.63, 3.8) is 0 Å². The maximum Gasteiger partial charge on any atom is -0.0127 e. The molecule has 1 aromatic rings. The van der Waals surface area contributed by atoms with Crippen LogP contribution < -0.4 is 0 Å². The predicted octanol–water partition coefficient (Wildman–Crippen LogP) is 5.33. The van der Waals surface area contributed by atoms with Gasteiger partial charge in [0, 0.05) is 0 Å². The van der Waals surface area contributed by atoms with Crippen LogP contribution >= 0.6 is 8.19 Å². The molecule has 1 aliphatic rings. The van der Waals surface area contributed by atoms with Gasteiger partial charge in [0.25, 0.3) is 0 Å². The number of rotatable bonds is 1. The zero-order chi connectivity index (χ0) is 10.3. The second-order valence-corrected chi connectivity index (χ2v) is 6.07. The fourth-order valence-electron chi connectivity index (χ4n) is 2.72. The molecule has 1 unspecified atom stereocenters. The Morgan fingerprint density at radius 3 is 2.00 bits per heavy atom. The molecule has 1 heteroatoms. The van der Waals surface area contributed by atoms with Gasteiger partial charge in [-0.1, -0.05) is 57.1 Å². The molecule has 0 aliphatic heterocycles. The lowest BCUT2D eigenvalue weighted by Crippen LogP contribution is -1.98. The van der Waals surface area contributed by atoms with Crippen LogP contribution in [0.25, 0.3) is 0 Å². The van der Waals surface area contributed by atoms with Gasteiger partial charge >= 0.3 is 0 Å². The highest BCUT2D eigenvalue weighted by atomic mass is 31.0. The Morgan fingerprint density at radius 2 is 1.47 bits per heavy atom. The van der Waals surface area contributed by atoms with Crippen molar-refractivity contribution < 1.29 is 0 Å². The van der Waals surface area contributed by atoms with Gasteiger partial charge in [-0.05, 0) is 29.9 Å². The first-order valence-electron chi connectivity index (χ1n) is 6.60. The van der Waals surface area contributed by atoms with Crippen LogP contribution in [0.5, 0.6) is 0 Å². The minimum absolute atomic E-state index is 0.927. The number of hydrogen-bond donors (Lipinski definition) is 0. The lowest BCUT2D eigenvalue weighted by Gasteiger charge is -2.17. The van der Waals surface area contributed by atoms with E-state index in [1.165, 1.54) is 57.8 Å². The van der Waals surface area contributed by atoms with Crippen molar-refractivity contribution in [2.24, 2.45) is 0 Å². The van der Waals surface area contributed by atoms with Gasteiger partial charge in [0.1, 0.15) is 0 Å². The summed E-state index contributed by atoms with van der Waals surface area (Å²) in [6, 6.07) is 4.64. The van der Waals surface area contributed by atoms with Crippen molar-refractivity contribution in [3.8, 4) is 0 Å². The fraction of sp³-hybridized carbons (Fsp3) is 0.714. The molecule has 0 spiro atoms. The van der Waals surface area contributed by atoms with Crippen molar-refractivity contribution in [1.29, 1.82) is 0 Å². The van der Waals surface area contributed by atoms with E-state index in [0.717, 1.165) is 14.1 Å². The summed E-state index contributed by atoms with van der Waals surface area (Å²) in [6.45, 7) is 0. The van der Waals surface area contributed by atoms with E-state index in [1.807, 2.05) is 0 Å². The quantitative estimate of drug-likeness (QED) is 0.602. The van der Waals surface area contributed by atoms with Crippen molar-refractivity contribution in [2.45, 2.75) is 63.7 Å². The van der Waals surface area contributed by atoms with Crippen LogP contribution in [0.4, 0.5) is 0 Å². The normalized spacial score (nSPS) is 21.9. The molecule has 1 atom stereocenters. The Labute approximate surface area is 95.6 Å². The maximum atomic E-state index is 2.38. The molecule has 1 aromatic heterocycles. The first-order valence-corrected chi connectivity index (χ1v) is 7.68. The Balaban J connectivity index is 1.90. The first kappa shape index (κ1) is 11.3. The summed E-state index contributed by atoms with van der Waals surface area (Å²) < 4.78 is 0. The van der Waals surface area contributed by atoms with Crippen molar-refractivity contribution in [1.82, 2.24) is 0 Å². The third-order valence-corrected chi connectivity index (χ3v) is 4.93. The third-order valence-electron chi connectivity index (χ3n) is 3.67. The van der Waals surface area contributed by atoms with Crippen LogP contribution in [-0.2, 0) is 0 Å². The van der Waals surface area contributed by atoms with Crippen LogP contribution in [0.2, 0.25) is 0 Å². The molecule has 0 N–H and O–H groups in total. The molecule has 0 amide bonds. The van der Waals surface area contributed by atoms with Crippen LogP contribution in [0, 0.1) is 0 Å².